The molecule has 108 valence electrons. The number of benzene rings is 2. The van der Waals surface area contributed by atoms with E-state index in [2.05, 4.69) is 22.0 Å². The van der Waals surface area contributed by atoms with Gasteiger partial charge in [-0.3, -0.25) is 0 Å². The van der Waals surface area contributed by atoms with E-state index in [0.29, 0.717) is 5.56 Å². The minimum absolute atomic E-state index is 0.132. The van der Waals surface area contributed by atoms with E-state index in [-0.39, 0.29) is 6.10 Å². The minimum atomic E-state index is -0.896. The molecule has 1 unspecified atom stereocenters. The Balaban J connectivity index is 1.62. The zero-order valence-electron chi connectivity index (χ0n) is 11.1. The molecule has 0 bridgehead atoms. The summed E-state index contributed by atoms with van der Waals surface area (Å²) in [5.41, 5.74) is 1.54. The highest BCUT2D eigenvalue weighted by Gasteiger charge is 2.23. The second-order valence-electron chi connectivity index (χ2n) is 4.84. The van der Waals surface area contributed by atoms with E-state index in [1.54, 1.807) is 30.0 Å². The maximum atomic E-state index is 11.0. The quantitative estimate of drug-likeness (QED) is 0.824. The molecule has 1 aliphatic rings. The predicted octanol–water partition coefficient (Wildman–Crippen LogP) is 4.24. The van der Waals surface area contributed by atoms with Crippen molar-refractivity contribution in [2.45, 2.75) is 17.4 Å². The molecule has 1 atom stereocenters. The molecule has 21 heavy (non-hydrogen) atoms. The van der Waals surface area contributed by atoms with Gasteiger partial charge in [0.15, 0.2) is 0 Å². The van der Waals surface area contributed by atoms with Gasteiger partial charge in [0, 0.05) is 21.5 Å². The van der Waals surface area contributed by atoms with Gasteiger partial charge in [0.25, 0.3) is 0 Å². The average molecular weight is 365 g/mol. The van der Waals surface area contributed by atoms with Crippen LogP contribution in [0, 0.1) is 0 Å². The van der Waals surface area contributed by atoms with E-state index < -0.39 is 5.97 Å². The van der Waals surface area contributed by atoms with Gasteiger partial charge in [0.2, 0.25) is 0 Å². The van der Waals surface area contributed by atoms with Gasteiger partial charge < -0.3 is 9.84 Å². The van der Waals surface area contributed by atoms with Gasteiger partial charge in [-0.05, 0) is 42.0 Å². The van der Waals surface area contributed by atoms with Gasteiger partial charge in [0.1, 0.15) is 11.9 Å². The predicted molar refractivity (Wildman–Crippen MR) is 86.4 cm³/mol. The fourth-order valence-electron chi connectivity index (χ4n) is 2.29. The molecule has 0 amide bonds. The molecule has 0 aromatic heterocycles. The summed E-state index contributed by atoms with van der Waals surface area (Å²) < 4.78 is 6.97. The van der Waals surface area contributed by atoms with Gasteiger partial charge in [-0.1, -0.05) is 22.0 Å². The van der Waals surface area contributed by atoms with Crippen LogP contribution in [0.25, 0.3) is 0 Å². The van der Waals surface area contributed by atoms with Crippen LogP contribution in [0.15, 0.2) is 51.8 Å². The van der Waals surface area contributed by atoms with Crippen LogP contribution < -0.4 is 4.74 Å². The lowest BCUT2D eigenvalue weighted by atomic mass is 10.1. The van der Waals surface area contributed by atoms with Crippen molar-refractivity contribution in [3.63, 3.8) is 0 Å². The first-order valence-corrected chi connectivity index (χ1v) is 8.31. The molecule has 1 N–H and O–H groups in total. The van der Waals surface area contributed by atoms with Crippen molar-refractivity contribution in [3.05, 3.63) is 58.1 Å². The van der Waals surface area contributed by atoms with E-state index in [9.17, 15) is 4.79 Å². The van der Waals surface area contributed by atoms with Gasteiger partial charge in [-0.15, -0.1) is 11.8 Å². The van der Waals surface area contributed by atoms with Crippen LogP contribution in [-0.2, 0) is 6.42 Å². The van der Waals surface area contributed by atoms with Gasteiger partial charge in [-0.2, -0.15) is 0 Å². The minimum Gasteiger partial charge on any atom is -0.489 e. The number of thioether (sulfide) groups is 1. The van der Waals surface area contributed by atoms with Crippen LogP contribution in [0.1, 0.15) is 15.9 Å². The van der Waals surface area contributed by atoms with Gasteiger partial charge >= 0.3 is 5.97 Å². The third-order valence-corrected chi connectivity index (χ3v) is 4.90. The number of aromatic carboxylic acids is 1. The average Bonchev–Trinajstić information content (AvgIpc) is 2.87. The summed E-state index contributed by atoms with van der Waals surface area (Å²) in [6.07, 6.45) is 1.02. The third-order valence-electron chi connectivity index (χ3n) is 3.28. The monoisotopic (exact) mass is 364 g/mol. The normalized spacial score (nSPS) is 16.3. The van der Waals surface area contributed by atoms with Crippen molar-refractivity contribution in [2.24, 2.45) is 0 Å². The molecule has 5 heteroatoms. The van der Waals surface area contributed by atoms with Crippen molar-refractivity contribution in [3.8, 4) is 5.75 Å². The highest BCUT2D eigenvalue weighted by Crippen LogP contribution is 2.33. The Hall–Kier alpha value is -1.46. The standard InChI is InChI=1S/C16H13BrO3S/c17-12-4-5-15-11(6-12)7-13(20-15)9-21-14-3-1-2-10(8-14)16(18)19/h1-6,8,13H,7,9H2,(H,18,19). The van der Waals surface area contributed by atoms with Crippen LogP contribution in [-0.4, -0.2) is 22.9 Å². The molecular weight excluding hydrogens is 352 g/mol. The number of carboxylic acids is 1. The molecule has 0 radical (unpaired) electrons. The van der Waals surface area contributed by atoms with E-state index in [1.165, 1.54) is 5.56 Å². The lowest BCUT2D eigenvalue weighted by Gasteiger charge is -2.10. The summed E-state index contributed by atoms with van der Waals surface area (Å²) in [6.45, 7) is 0. The molecule has 0 aliphatic carbocycles. The van der Waals surface area contributed by atoms with Crippen LogP contribution in [0.2, 0.25) is 0 Å². The Bertz CT molecular complexity index is 687. The third kappa shape index (κ3) is 3.41. The lowest BCUT2D eigenvalue weighted by molar-refractivity contribution is 0.0696. The van der Waals surface area contributed by atoms with Gasteiger partial charge in [0.05, 0.1) is 5.56 Å². The molecule has 1 aliphatic heterocycles. The Morgan fingerprint density at radius 2 is 2.19 bits per heavy atom. The molecule has 0 spiro atoms. The highest BCUT2D eigenvalue weighted by atomic mass is 79.9. The first-order valence-electron chi connectivity index (χ1n) is 6.53. The molecule has 0 fully saturated rings. The van der Waals surface area contributed by atoms with Crippen LogP contribution in [0.5, 0.6) is 5.75 Å². The number of hydrogen-bond acceptors (Lipinski definition) is 3. The molecule has 3 nitrogen and oxygen atoms in total. The lowest BCUT2D eigenvalue weighted by Crippen LogP contribution is -2.15. The van der Waals surface area contributed by atoms with Crippen molar-refractivity contribution in [1.29, 1.82) is 0 Å². The molecule has 0 saturated heterocycles. The second-order valence-corrected chi connectivity index (χ2v) is 6.85. The van der Waals surface area contributed by atoms with Crippen LogP contribution in [0.4, 0.5) is 0 Å². The van der Waals surface area contributed by atoms with E-state index in [0.717, 1.165) is 27.3 Å². The zero-order valence-corrected chi connectivity index (χ0v) is 13.5. The van der Waals surface area contributed by atoms with Crippen molar-refractivity contribution in [2.75, 3.05) is 5.75 Å². The summed E-state index contributed by atoms with van der Waals surface area (Å²) in [7, 11) is 0. The molecule has 0 saturated carbocycles. The fourth-order valence-corrected chi connectivity index (χ4v) is 3.65. The van der Waals surface area contributed by atoms with Crippen molar-refractivity contribution < 1.29 is 14.6 Å². The number of hydrogen-bond donors (Lipinski definition) is 1. The van der Waals surface area contributed by atoms with Crippen LogP contribution in [0.3, 0.4) is 0 Å². The largest absolute Gasteiger partial charge is 0.489 e. The second kappa shape index (κ2) is 6.12. The number of fused-ring (bicyclic) bond motifs is 1. The molecular formula is C16H13BrO3S. The first-order chi connectivity index (χ1) is 10.1. The summed E-state index contributed by atoms with van der Waals surface area (Å²) in [5.74, 6) is 0.852. The Labute approximate surface area is 135 Å². The topological polar surface area (TPSA) is 46.5 Å². The summed E-state index contributed by atoms with van der Waals surface area (Å²) in [4.78, 5) is 11.9. The summed E-state index contributed by atoms with van der Waals surface area (Å²) in [6, 6.07) is 13.0. The zero-order chi connectivity index (χ0) is 14.8. The van der Waals surface area contributed by atoms with Gasteiger partial charge in [-0.25, -0.2) is 4.79 Å². The maximum Gasteiger partial charge on any atom is 0.335 e. The van der Waals surface area contributed by atoms with Crippen molar-refractivity contribution in [1.82, 2.24) is 0 Å². The van der Waals surface area contributed by atoms with E-state index in [1.807, 2.05) is 18.2 Å². The summed E-state index contributed by atoms with van der Waals surface area (Å²) in [5, 5.41) is 8.99. The number of rotatable bonds is 4. The number of carbonyl (C=O) groups is 1. The fraction of sp³-hybridized carbons (Fsp3) is 0.188. The summed E-state index contributed by atoms with van der Waals surface area (Å²) >= 11 is 5.09. The van der Waals surface area contributed by atoms with E-state index >= 15 is 0 Å². The molecule has 2 aromatic rings. The first kappa shape index (κ1) is 14.5. The molecule has 2 aromatic carbocycles. The SMILES string of the molecule is O=C(O)c1cccc(SCC2Cc3cc(Br)ccc3O2)c1. The van der Waals surface area contributed by atoms with Crippen LogP contribution >= 0.6 is 27.7 Å². The smallest absolute Gasteiger partial charge is 0.335 e. The maximum absolute atomic E-state index is 11.0. The number of ether oxygens (including phenoxy) is 1. The number of carboxylic acid groups (broad SMARTS) is 1. The highest BCUT2D eigenvalue weighted by molar-refractivity contribution is 9.10. The number of halogens is 1. The van der Waals surface area contributed by atoms with E-state index in [4.69, 9.17) is 9.84 Å². The molecule has 3 rings (SSSR count). The Kier molecular flexibility index (Phi) is 4.22. The Morgan fingerprint density at radius 3 is 3.00 bits per heavy atom. The molecule has 1 heterocycles. The van der Waals surface area contributed by atoms with Crippen molar-refractivity contribution >= 4 is 33.7 Å². The Morgan fingerprint density at radius 1 is 1.33 bits per heavy atom.